The zero-order valence-corrected chi connectivity index (χ0v) is 11.3. The van der Waals surface area contributed by atoms with Gasteiger partial charge in [-0.25, -0.2) is 0 Å². The van der Waals surface area contributed by atoms with E-state index in [2.05, 4.69) is 0 Å². The van der Waals surface area contributed by atoms with Crippen molar-refractivity contribution in [1.82, 2.24) is 0 Å². The maximum Gasteiger partial charge on any atom is 0.227 e. The number of ketones is 1. The predicted molar refractivity (Wildman–Crippen MR) is 72.4 cm³/mol. The molecule has 0 aliphatic carbocycles. The number of halogens is 1. The Bertz CT molecular complexity index is 559. The number of hydrogen-bond donors (Lipinski definition) is 0. The second kappa shape index (κ2) is 6.67. The van der Waals surface area contributed by atoms with Crippen molar-refractivity contribution in [2.24, 2.45) is 0 Å². The number of carbonyl (C=O) groups is 1. The van der Waals surface area contributed by atoms with Crippen LogP contribution >= 0.6 is 17.0 Å². The van der Waals surface area contributed by atoms with Gasteiger partial charge >= 0.3 is 0 Å². The summed E-state index contributed by atoms with van der Waals surface area (Å²) in [6, 6.07) is 14.4. The molecule has 0 unspecified atom stereocenters. The van der Waals surface area contributed by atoms with Crippen LogP contribution in [-0.4, -0.2) is 5.78 Å². The number of aromatic nitrogens is 1. The lowest BCUT2D eigenvalue weighted by Crippen LogP contribution is -2.36. The van der Waals surface area contributed by atoms with E-state index in [0.29, 0.717) is 17.7 Å². The highest BCUT2D eigenvalue weighted by molar-refractivity contribution is 8.93. The van der Waals surface area contributed by atoms with Gasteiger partial charge in [0.2, 0.25) is 12.3 Å². The number of nitriles is 1. The third-order valence-electron chi connectivity index (χ3n) is 2.44. The first-order valence-electron chi connectivity index (χ1n) is 5.27. The molecule has 0 aliphatic rings. The molecule has 18 heavy (non-hydrogen) atoms. The van der Waals surface area contributed by atoms with Crippen LogP contribution in [0.3, 0.4) is 0 Å². The van der Waals surface area contributed by atoms with E-state index in [1.54, 1.807) is 24.3 Å². The SMILES string of the molecule is Br.N#Cc1ccc(C(=O)C[n+]2ccccc2)cc1. The molecule has 2 aromatic rings. The lowest BCUT2D eigenvalue weighted by Gasteiger charge is -1.98. The minimum absolute atomic E-state index is 0. The molecule has 0 atom stereocenters. The Hall–Kier alpha value is -1.99. The minimum Gasteiger partial charge on any atom is -0.287 e. The number of rotatable bonds is 3. The average molecular weight is 304 g/mol. The topological polar surface area (TPSA) is 44.7 Å². The largest absolute Gasteiger partial charge is 0.287 e. The Morgan fingerprint density at radius 2 is 1.72 bits per heavy atom. The van der Waals surface area contributed by atoms with Crippen LogP contribution in [0.15, 0.2) is 54.9 Å². The molecule has 1 heterocycles. The van der Waals surface area contributed by atoms with E-state index in [4.69, 9.17) is 5.26 Å². The normalized spacial score (nSPS) is 9.06. The van der Waals surface area contributed by atoms with Gasteiger partial charge in [0, 0.05) is 17.7 Å². The molecular formula is C14H12BrN2O+. The number of benzene rings is 1. The van der Waals surface area contributed by atoms with Gasteiger partial charge in [-0.15, -0.1) is 17.0 Å². The quantitative estimate of drug-likeness (QED) is 0.645. The molecule has 0 saturated carbocycles. The van der Waals surface area contributed by atoms with E-state index < -0.39 is 0 Å². The Morgan fingerprint density at radius 3 is 2.28 bits per heavy atom. The third kappa shape index (κ3) is 3.51. The lowest BCUT2D eigenvalue weighted by molar-refractivity contribution is -0.683. The van der Waals surface area contributed by atoms with E-state index in [0.717, 1.165) is 0 Å². The molecule has 0 saturated heterocycles. The summed E-state index contributed by atoms with van der Waals surface area (Å²) < 4.78 is 1.82. The summed E-state index contributed by atoms with van der Waals surface area (Å²) in [7, 11) is 0. The van der Waals surface area contributed by atoms with Gasteiger partial charge in [-0.1, -0.05) is 6.07 Å². The van der Waals surface area contributed by atoms with Crippen LogP contribution in [-0.2, 0) is 6.54 Å². The first kappa shape index (κ1) is 14.1. The molecule has 4 heteroatoms. The highest BCUT2D eigenvalue weighted by atomic mass is 79.9. The van der Waals surface area contributed by atoms with Gasteiger partial charge < -0.3 is 0 Å². The van der Waals surface area contributed by atoms with Gasteiger partial charge in [-0.05, 0) is 24.3 Å². The Morgan fingerprint density at radius 1 is 1.11 bits per heavy atom. The summed E-state index contributed by atoms with van der Waals surface area (Å²) in [6.45, 7) is 0.312. The molecular weight excluding hydrogens is 292 g/mol. The summed E-state index contributed by atoms with van der Waals surface area (Å²) >= 11 is 0. The summed E-state index contributed by atoms with van der Waals surface area (Å²) in [6.07, 6.45) is 3.70. The highest BCUT2D eigenvalue weighted by Gasteiger charge is 2.10. The predicted octanol–water partition coefficient (Wildman–Crippen LogP) is 2.31. The zero-order chi connectivity index (χ0) is 12.1. The first-order valence-corrected chi connectivity index (χ1v) is 5.27. The fraction of sp³-hybridized carbons (Fsp3) is 0.0714. The van der Waals surface area contributed by atoms with Crippen LogP contribution in [0.2, 0.25) is 0 Å². The van der Waals surface area contributed by atoms with Gasteiger partial charge in [0.25, 0.3) is 0 Å². The van der Waals surface area contributed by atoms with Gasteiger partial charge in [-0.3, -0.25) is 4.79 Å². The van der Waals surface area contributed by atoms with Gasteiger partial charge in [0.15, 0.2) is 12.4 Å². The second-order valence-electron chi connectivity index (χ2n) is 3.66. The van der Waals surface area contributed by atoms with Crippen LogP contribution < -0.4 is 4.57 Å². The standard InChI is InChI=1S/C14H11N2O.BrH/c15-10-12-4-6-13(7-5-12)14(17)11-16-8-2-1-3-9-16;/h1-9H,11H2;1H/q+1;. The summed E-state index contributed by atoms with van der Waals surface area (Å²) in [5.41, 5.74) is 1.19. The molecule has 0 bridgehead atoms. The van der Waals surface area contributed by atoms with Gasteiger partial charge in [-0.2, -0.15) is 9.83 Å². The lowest BCUT2D eigenvalue weighted by atomic mass is 10.1. The molecule has 1 aromatic heterocycles. The Balaban J connectivity index is 0.00000162. The number of hydrogen-bond acceptors (Lipinski definition) is 2. The van der Waals surface area contributed by atoms with Gasteiger partial charge in [0.05, 0.1) is 11.6 Å². The van der Waals surface area contributed by atoms with Crippen molar-refractivity contribution in [3.8, 4) is 6.07 Å². The van der Waals surface area contributed by atoms with Crippen molar-refractivity contribution in [2.45, 2.75) is 6.54 Å². The van der Waals surface area contributed by atoms with Crippen LogP contribution in [0.25, 0.3) is 0 Å². The van der Waals surface area contributed by atoms with Crippen molar-refractivity contribution < 1.29 is 9.36 Å². The monoisotopic (exact) mass is 303 g/mol. The van der Waals surface area contributed by atoms with Crippen molar-refractivity contribution in [3.63, 3.8) is 0 Å². The summed E-state index contributed by atoms with van der Waals surface area (Å²) in [5.74, 6) is 0.0330. The van der Waals surface area contributed by atoms with Crippen LogP contribution in [0.1, 0.15) is 15.9 Å². The van der Waals surface area contributed by atoms with E-state index in [1.165, 1.54) is 0 Å². The molecule has 1 aromatic carbocycles. The molecule has 0 amide bonds. The smallest absolute Gasteiger partial charge is 0.227 e. The molecule has 0 fully saturated rings. The highest BCUT2D eigenvalue weighted by Crippen LogP contribution is 2.04. The van der Waals surface area contributed by atoms with Gasteiger partial charge in [0.1, 0.15) is 0 Å². The average Bonchev–Trinajstić information content (AvgIpc) is 2.40. The van der Waals surface area contributed by atoms with Crippen LogP contribution in [0.4, 0.5) is 0 Å². The molecule has 90 valence electrons. The van der Waals surface area contributed by atoms with E-state index >= 15 is 0 Å². The second-order valence-corrected chi connectivity index (χ2v) is 3.66. The molecule has 3 nitrogen and oxygen atoms in total. The van der Waals surface area contributed by atoms with Crippen LogP contribution in [0.5, 0.6) is 0 Å². The van der Waals surface area contributed by atoms with Crippen molar-refractivity contribution >= 4 is 22.8 Å². The molecule has 0 N–H and O–H groups in total. The Labute approximate surface area is 116 Å². The number of carbonyl (C=O) groups excluding carboxylic acids is 1. The number of pyridine rings is 1. The zero-order valence-electron chi connectivity index (χ0n) is 9.61. The fourth-order valence-electron chi connectivity index (χ4n) is 1.53. The van der Waals surface area contributed by atoms with E-state index in [9.17, 15) is 4.79 Å². The van der Waals surface area contributed by atoms with Crippen molar-refractivity contribution in [3.05, 3.63) is 66.0 Å². The maximum atomic E-state index is 11.9. The van der Waals surface area contributed by atoms with E-state index in [1.807, 2.05) is 41.2 Å². The number of Topliss-reactive ketones (excluding diaryl/α,β-unsaturated/α-hetero) is 1. The minimum atomic E-state index is 0. The van der Waals surface area contributed by atoms with Crippen molar-refractivity contribution in [2.75, 3.05) is 0 Å². The maximum absolute atomic E-state index is 11.9. The number of nitrogens with zero attached hydrogens (tertiary/aromatic N) is 2. The fourth-order valence-corrected chi connectivity index (χ4v) is 1.53. The molecule has 0 radical (unpaired) electrons. The first-order chi connectivity index (χ1) is 8.29. The third-order valence-corrected chi connectivity index (χ3v) is 2.44. The van der Waals surface area contributed by atoms with E-state index in [-0.39, 0.29) is 22.8 Å². The van der Waals surface area contributed by atoms with Crippen molar-refractivity contribution in [1.29, 1.82) is 5.26 Å². The molecule has 0 aliphatic heterocycles. The molecule has 2 rings (SSSR count). The summed E-state index contributed by atoms with van der Waals surface area (Å²) in [4.78, 5) is 11.9. The Kier molecular flexibility index (Phi) is 5.22. The van der Waals surface area contributed by atoms with Crippen LogP contribution in [0, 0.1) is 11.3 Å². The summed E-state index contributed by atoms with van der Waals surface area (Å²) in [5, 5.41) is 8.66. The molecule has 0 spiro atoms.